The predicted octanol–water partition coefficient (Wildman–Crippen LogP) is -3.29. The highest BCUT2D eigenvalue weighted by molar-refractivity contribution is 6.05. The summed E-state index contributed by atoms with van der Waals surface area (Å²) < 4.78 is 0. The summed E-state index contributed by atoms with van der Waals surface area (Å²) in [7, 11) is 0. The second kappa shape index (κ2) is 30.5. The van der Waals surface area contributed by atoms with Gasteiger partial charge in [-0.2, -0.15) is 0 Å². The summed E-state index contributed by atoms with van der Waals surface area (Å²) in [6, 6.07) is 14.1. The van der Waals surface area contributed by atoms with Crippen molar-refractivity contribution in [2.75, 3.05) is 157 Å². The van der Waals surface area contributed by atoms with Crippen LogP contribution < -0.4 is 21.7 Å². The van der Waals surface area contributed by atoms with E-state index in [0.717, 1.165) is 0 Å². The zero-order chi connectivity index (χ0) is 58.6. The van der Waals surface area contributed by atoms with Gasteiger partial charge in [-0.15, -0.1) is 0 Å². The van der Waals surface area contributed by atoms with Crippen LogP contribution in [-0.4, -0.2) is 296 Å². The number of aliphatic carboxylic acids is 6. The van der Waals surface area contributed by atoms with Gasteiger partial charge in [-0.25, -0.2) is 0 Å². The van der Waals surface area contributed by atoms with Gasteiger partial charge in [-0.05, 0) is 23.3 Å². The van der Waals surface area contributed by atoms with E-state index in [0.29, 0.717) is 32.9 Å². The molecule has 2 fully saturated rings. The second-order valence-electron chi connectivity index (χ2n) is 19.8. The van der Waals surface area contributed by atoms with Crippen molar-refractivity contribution in [2.24, 2.45) is 0 Å². The van der Waals surface area contributed by atoms with Gasteiger partial charge in [0.05, 0.1) is 52.4 Å². The fourth-order valence-electron chi connectivity index (χ4n) is 9.76. The molecule has 6 rings (SSSR count). The molecule has 4 heterocycles. The third-order valence-corrected chi connectivity index (χ3v) is 13.8. The molecule has 12 N–H and O–H groups in total. The third-order valence-electron chi connectivity index (χ3n) is 13.8. The number of aromatic nitrogens is 2. The molecule has 0 radical (unpaired) electrons. The van der Waals surface area contributed by atoms with E-state index in [4.69, 9.17) is 0 Å². The van der Waals surface area contributed by atoms with Crippen molar-refractivity contribution in [1.29, 1.82) is 0 Å². The number of rotatable bonds is 20. The summed E-state index contributed by atoms with van der Waals surface area (Å²) >= 11 is 0. The number of hydrazine groups is 2. The van der Waals surface area contributed by atoms with Gasteiger partial charge in [0.15, 0.2) is 0 Å². The van der Waals surface area contributed by atoms with Gasteiger partial charge in [0, 0.05) is 133 Å². The number of para-hydroxylation sites is 2. The van der Waals surface area contributed by atoms with Crippen LogP contribution in [0.4, 0.5) is 0 Å². The molecule has 2 aliphatic heterocycles. The van der Waals surface area contributed by atoms with E-state index in [9.17, 15) is 78.6 Å². The average molecular weight is 1140 g/mol. The van der Waals surface area contributed by atoms with Gasteiger partial charge in [0.2, 0.25) is 0 Å². The Labute approximate surface area is 464 Å². The van der Waals surface area contributed by atoms with Gasteiger partial charge < -0.3 is 40.6 Å². The number of benzene rings is 2. The van der Waals surface area contributed by atoms with Gasteiger partial charge in [-0.1, -0.05) is 36.4 Å². The Kier molecular flexibility index (Phi) is 23.4. The lowest BCUT2D eigenvalue weighted by Crippen LogP contribution is -2.51. The Morgan fingerprint density at radius 2 is 0.556 bits per heavy atom. The van der Waals surface area contributed by atoms with E-state index < -0.39 is 59.4 Å². The van der Waals surface area contributed by atoms with E-state index in [2.05, 4.69) is 31.7 Å². The van der Waals surface area contributed by atoms with Crippen LogP contribution in [0.3, 0.4) is 0 Å². The monoisotopic (exact) mass is 1130 g/mol. The van der Waals surface area contributed by atoms with Crippen molar-refractivity contribution in [3.05, 3.63) is 71.0 Å². The van der Waals surface area contributed by atoms with Crippen LogP contribution in [0.15, 0.2) is 48.5 Å². The number of carbonyl (C=O) groups is 10. The summed E-state index contributed by atoms with van der Waals surface area (Å²) in [6.45, 7) is 0.150. The van der Waals surface area contributed by atoms with Gasteiger partial charge in [-0.3, -0.25) is 109 Å². The minimum atomic E-state index is -1.11. The molecule has 0 bridgehead atoms. The van der Waals surface area contributed by atoms with Crippen molar-refractivity contribution in [1.82, 2.24) is 70.9 Å². The summed E-state index contributed by atoms with van der Waals surface area (Å²) in [6.07, 6.45) is -0.0233. The molecule has 2 aliphatic rings. The number of carboxylic acids is 6. The number of nitrogens with zero attached hydrogens (tertiary/aromatic N) is 8. The van der Waals surface area contributed by atoms with E-state index in [-0.39, 0.29) is 175 Å². The third kappa shape index (κ3) is 20.2. The topological polar surface area (TPSA) is 398 Å². The molecular weight excluding hydrogens is 1060 g/mol. The number of fused-ring (bicyclic) bond motifs is 2. The van der Waals surface area contributed by atoms with E-state index in [1.54, 1.807) is 87.7 Å². The number of aromatic amines is 2. The minimum absolute atomic E-state index is 0.0233. The first-order chi connectivity index (χ1) is 38.7. The molecule has 0 aliphatic carbocycles. The van der Waals surface area contributed by atoms with E-state index >= 15 is 0 Å². The maximum Gasteiger partial charge on any atom is 0.317 e. The molecule has 81 heavy (non-hydrogen) atoms. The molecule has 0 unspecified atom stereocenters. The first kappa shape index (κ1) is 62.1. The minimum Gasteiger partial charge on any atom is -0.480 e. The predicted molar refractivity (Wildman–Crippen MR) is 288 cm³/mol. The van der Waals surface area contributed by atoms with Gasteiger partial charge in [0.25, 0.3) is 23.6 Å². The van der Waals surface area contributed by atoms with Crippen LogP contribution in [0.1, 0.15) is 32.1 Å². The van der Waals surface area contributed by atoms with Crippen LogP contribution in [-0.2, 0) is 44.8 Å². The highest BCUT2D eigenvalue weighted by Crippen LogP contribution is 2.30. The molecule has 2 aromatic heterocycles. The summed E-state index contributed by atoms with van der Waals surface area (Å²) in [5, 5.41) is 58.6. The Bertz CT molecular complexity index is 2640. The quantitative estimate of drug-likeness (QED) is 0.0386. The number of H-pyrrole nitrogens is 2. The average Bonchev–Trinajstić information content (AvgIpc) is 4.03. The first-order valence-electron chi connectivity index (χ1n) is 26.2. The molecule has 4 aromatic rings. The molecule has 440 valence electrons. The Morgan fingerprint density at radius 1 is 0.333 bits per heavy atom. The molecule has 0 atom stereocenters. The Balaban J connectivity index is 1.15. The normalized spacial score (nSPS) is 17.2. The van der Waals surface area contributed by atoms with Crippen molar-refractivity contribution in [2.45, 2.75) is 6.42 Å². The SMILES string of the molecule is O=C(O)CN1CCN(CC(=O)O)CCN(CC(=O)NNC(=O)c2[nH]c3ccccc3c2Cc2c(C(=O)NNC(=O)CN3CCN(CC(=O)O)CCN(CC(=O)O)CCN(CC(=O)O)CC3)[nH]c3ccccc23)CCN(CC(=O)O)CC1. The summed E-state index contributed by atoms with van der Waals surface area (Å²) in [5.41, 5.74) is 12.0. The maximum absolute atomic E-state index is 14.2. The van der Waals surface area contributed by atoms with Crippen molar-refractivity contribution in [3.8, 4) is 0 Å². The zero-order valence-corrected chi connectivity index (χ0v) is 44.6. The van der Waals surface area contributed by atoms with E-state index in [1.165, 1.54) is 0 Å². The number of hydrogen-bond acceptors (Lipinski definition) is 18. The lowest BCUT2D eigenvalue weighted by molar-refractivity contribution is -0.140. The largest absolute Gasteiger partial charge is 0.480 e. The molecule has 4 amide bonds. The van der Waals surface area contributed by atoms with Crippen LogP contribution in [0.5, 0.6) is 0 Å². The second-order valence-corrected chi connectivity index (χ2v) is 19.8. The summed E-state index contributed by atoms with van der Waals surface area (Å²) in [5.74, 6) is -9.38. The van der Waals surface area contributed by atoms with Crippen LogP contribution in [0, 0.1) is 0 Å². The Hall–Kier alpha value is -8.10. The molecule has 2 saturated heterocycles. The number of carboxylic acid groups (broad SMARTS) is 6. The fraction of sp³-hybridized carbons (Fsp3) is 0.490. The number of hydrogen-bond donors (Lipinski definition) is 12. The Morgan fingerprint density at radius 3 is 0.790 bits per heavy atom. The van der Waals surface area contributed by atoms with Crippen molar-refractivity contribution >= 4 is 81.3 Å². The molecular formula is C51H70N14O16. The molecule has 0 spiro atoms. The van der Waals surface area contributed by atoms with Crippen LogP contribution in [0.2, 0.25) is 0 Å². The molecule has 2 aromatic carbocycles. The van der Waals surface area contributed by atoms with Crippen LogP contribution in [0.25, 0.3) is 21.8 Å². The maximum atomic E-state index is 14.2. The standard InChI is InChI=1S/C51H70N14O16/c66-40(26-58-9-13-60(28-42(68)69)17-21-64(32-46(76)77)22-18-61(14-10-58)29-43(70)71)54-56-50(80)48-36(34-5-1-3-7-38(34)52-48)25-37-35-6-2-4-8-39(35)53-49(37)51(81)57-55-41(67)27-59-11-15-62(30-44(72)73)19-23-65(33-47(78)79)24-20-63(16-12-59)31-45(74)75/h1-8,52-53H,9-33H2,(H,54,66)(H,55,67)(H,56,80)(H,57,81)(H,68,69)(H,70,71)(H,72,73)(H,74,75)(H,76,77)(H,78,79). The molecule has 0 saturated carbocycles. The number of amides is 4. The lowest BCUT2D eigenvalue weighted by Gasteiger charge is -2.32. The lowest BCUT2D eigenvalue weighted by atomic mass is 9.98. The van der Waals surface area contributed by atoms with Gasteiger partial charge >= 0.3 is 35.8 Å². The zero-order valence-electron chi connectivity index (χ0n) is 44.6. The smallest absolute Gasteiger partial charge is 0.317 e. The van der Waals surface area contributed by atoms with Crippen molar-refractivity contribution < 1.29 is 78.6 Å². The van der Waals surface area contributed by atoms with E-state index in [1.807, 2.05) is 0 Å². The molecule has 30 nitrogen and oxygen atoms in total. The molecule has 30 heteroatoms. The highest BCUT2D eigenvalue weighted by Gasteiger charge is 2.27. The number of carbonyl (C=O) groups excluding carboxylic acids is 4. The highest BCUT2D eigenvalue weighted by atomic mass is 16.4. The number of nitrogens with one attached hydrogen (secondary N) is 6. The fourth-order valence-corrected chi connectivity index (χ4v) is 9.76. The first-order valence-corrected chi connectivity index (χ1v) is 26.2. The van der Waals surface area contributed by atoms with Crippen LogP contribution >= 0.6 is 0 Å². The van der Waals surface area contributed by atoms with Crippen molar-refractivity contribution in [3.63, 3.8) is 0 Å². The summed E-state index contributed by atoms with van der Waals surface area (Å²) in [4.78, 5) is 145. The van der Waals surface area contributed by atoms with Gasteiger partial charge in [0.1, 0.15) is 11.4 Å².